The van der Waals surface area contributed by atoms with Crippen LogP contribution in [0.1, 0.15) is 0 Å². The summed E-state index contributed by atoms with van der Waals surface area (Å²) in [7, 11) is 0. The van der Waals surface area contributed by atoms with Crippen LogP contribution in [0.3, 0.4) is 0 Å². The van der Waals surface area contributed by atoms with Crippen molar-refractivity contribution in [2.45, 2.75) is 60.9 Å². The average molecular weight is 429 g/mol. The molecule has 2 aliphatic heterocycles. The summed E-state index contributed by atoms with van der Waals surface area (Å²) in [5.41, 5.74) is 2.11. The molecule has 15 heteroatoms. The normalized spacial score (nSPS) is 45.6. The second-order valence-corrected chi connectivity index (χ2v) is 6.61. The minimum atomic E-state index is -2.72. The van der Waals surface area contributed by atoms with E-state index in [4.69, 9.17) is 19.9 Å². The van der Waals surface area contributed by atoms with Crippen LogP contribution in [-0.2, 0) is 19.0 Å². The lowest BCUT2D eigenvalue weighted by molar-refractivity contribution is -0.368. The zero-order valence-electron chi connectivity index (χ0n) is 14.8. The molecule has 3 amide bonds. The van der Waals surface area contributed by atoms with E-state index in [1.165, 1.54) is 0 Å². The predicted octanol–water partition coefficient (Wildman–Crippen LogP) is -6.83. The third kappa shape index (κ3) is 4.35. The number of carbonyl (C=O) groups excluding carboxylic acids is 2. The van der Waals surface area contributed by atoms with E-state index < -0.39 is 86.1 Å². The first-order chi connectivity index (χ1) is 13.5. The minimum Gasteiger partial charge on any atom is -0.394 e. The molecule has 2 saturated heterocycles. The van der Waals surface area contributed by atoms with Gasteiger partial charge in [0.05, 0.1) is 13.2 Å². The molecule has 2 aliphatic rings. The van der Waals surface area contributed by atoms with Crippen LogP contribution >= 0.6 is 0 Å². The summed E-state index contributed by atoms with van der Waals surface area (Å²) in [6.45, 7) is -2.13. The van der Waals surface area contributed by atoms with E-state index >= 15 is 0 Å². The standard InChI is InChI=1S/C14H24N2O13/c15-13(26)16-12(25)14(2-18)9(23)5(20)7(22)11(29-14)28-8-3(1-17)27-10(24)6(21)4(8)19/h3-11,17-24H,1-2H2,(H3,15,16,25,26)/t3-,4-,5-,6-,7-,8-,9-,10+,11-,14-/m1/s1/i16+1. The SMILES string of the molecule is NC(=O)[15NH]C(=O)[C@]1(CO)O[C@@H](O[C@H]2[C@H](O)[C@@H](O)[C@@H](O)O[C@@H]2CO)[C@H](O)[C@@H](O)[C@H]1O. The van der Waals surface area contributed by atoms with Crippen LogP contribution in [0.4, 0.5) is 4.79 Å². The van der Waals surface area contributed by atoms with Crippen LogP contribution in [0.15, 0.2) is 0 Å². The molecule has 0 unspecified atom stereocenters. The fourth-order valence-corrected chi connectivity index (χ4v) is 3.08. The Balaban J connectivity index is 2.31. The Hall–Kier alpha value is -1.50. The van der Waals surface area contributed by atoms with Gasteiger partial charge >= 0.3 is 6.03 Å². The molecule has 0 aromatic heterocycles. The molecule has 0 aromatic rings. The quantitative estimate of drug-likeness (QED) is 0.182. The number of hydrogen-bond donors (Lipinski definition) is 10. The van der Waals surface area contributed by atoms with Crippen LogP contribution in [0.5, 0.6) is 0 Å². The molecular weight excluding hydrogens is 405 g/mol. The fraction of sp³-hybridized carbons (Fsp3) is 0.857. The summed E-state index contributed by atoms with van der Waals surface area (Å²) in [5.74, 6) is -1.46. The molecule has 15 nitrogen and oxygen atoms in total. The number of urea groups is 1. The number of imide groups is 1. The van der Waals surface area contributed by atoms with Gasteiger partial charge in [-0.1, -0.05) is 0 Å². The smallest absolute Gasteiger partial charge is 0.318 e. The van der Waals surface area contributed by atoms with Crippen LogP contribution < -0.4 is 11.1 Å². The number of hydrogen-bond acceptors (Lipinski definition) is 13. The molecule has 0 saturated carbocycles. The van der Waals surface area contributed by atoms with Gasteiger partial charge in [-0.25, -0.2) is 4.79 Å². The molecule has 0 aliphatic carbocycles. The summed E-state index contributed by atoms with van der Waals surface area (Å²) in [6, 6.07) is -1.37. The van der Waals surface area contributed by atoms with Crippen molar-refractivity contribution >= 4 is 11.9 Å². The second kappa shape index (κ2) is 9.11. The average Bonchev–Trinajstić information content (AvgIpc) is 2.67. The lowest BCUT2D eigenvalue weighted by Gasteiger charge is -2.48. The van der Waals surface area contributed by atoms with Crippen LogP contribution in [0, 0.1) is 0 Å². The Morgan fingerprint density at radius 3 is 2.14 bits per heavy atom. The van der Waals surface area contributed by atoms with Gasteiger partial charge in [-0.15, -0.1) is 0 Å². The van der Waals surface area contributed by atoms with Crippen molar-refractivity contribution in [3.63, 3.8) is 0 Å². The fourth-order valence-electron chi connectivity index (χ4n) is 3.08. The third-order valence-electron chi connectivity index (χ3n) is 4.74. The molecule has 0 bridgehead atoms. The molecule has 0 aromatic carbocycles. The van der Waals surface area contributed by atoms with Crippen molar-refractivity contribution in [3.05, 3.63) is 0 Å². The first-order valence-electron chi connectivity index (χ1n) is 8.40. The Bertz CT molecular complexity index is 606. The first-order valence-corrected chi connectivity index (χ1v) is 8.40. The Labute approximate surface area is 162 Å². The van der Waals surface area contributed by atoms with Gasteiger partial charge < -0.3 is 60.8 Å². The predicted molar refractivity (Wildman–Crippen MR) is 85.3 cm³/mol. The number of primary amides is 1. The molecule has 2 fully saturated rings. The third-order valence-corrected chi connectivity index (χ3v) is 4.74. The molecule has 29 heavy (non-hydrogen) atoms. The molecule has 0 spiro atoms. The molecular formula is C14H24N2O13. The summed E-state index contributed by atoms with van der Waals surface area (Å²) >= 11 is 0. The lowest BCUT2D eigenvalue weighted by Crippen LogP contribution is -2.72. The van der Waals surface area contributed by atoms with E-state index in [0.717, 1.165) is 0 Å². The van der Waals surface area contributed by atoms with E-state index in [1.54, 1.807) is 5.32 Å². The Kier molecular flexibility index (Phi) is 7.47. The summed E-state index contributed by atoms with van der Waals surface area (Å²) in [6.07, 6.45) is -17.2. The second-order valence-electron chi connectivity index (χ2n) is 6.61. The number of ether oxygens (including phenoxy) is 3. The molecule has 10 atom stereocenters. The zero-order chi connectivity index (χ0) is 22.1. The summed E-state index contributed by atoms with van der Waals surface area (Å²) in [4.78, 5) is 23.2. The van der Waals surface area contributed by atoms with Crippen molar-refractivity contribution in [1.29, 1.82) is 0 Å². The highest BCUT2D eigenvalue weighted by atomic mass is 16.7. The molecule has 168 valence electrons. The maximum Gasteiger partial charge on any atom is 0.318 e. The summed E-state index contributed by atoms with van der Waals surface area (Å²) in [5, 5.41) is 80.2. The van der Waals surface area contributed by atoms with Crippen molar-refractivity contribution < 1.29 is 64.7 Å². The number of amides is 3. The zero-order valence-corrected chi connectivity index (χ0v) is 14.8. The van der Waals surface area contributed by atoms with Crippen molar-refractivity contribution in [3.8, 4) is 0 Å². The number of nitrogens with two attached hydrogens (primary N) is 1. The van der Waals surface area contributed by atoms with Crippen molar-refractivity contribution in [2.24, 2.45) is 5.73 Å². The first kappa shape index (κ1) is 23.8. The number of rotatable bonds is 5. The van der Waals surface area contributed by atoms with Gasteiger partial charge in [0.15, 0.2) is 12.6 Å². The van der Waals surface area contributed by atoms with Gasteiger partial charge in [0.25, 0.3) is 5.91 Å². The monoisotopic (exact) mass is 429 g/mol. The number of carbonyl (C=O) groups is 2. The van der Waals surface area contributed by atoms with Crippen LogP contribution in [0.2, 0.25) is 0 Å². The highest BCUT2D eigenvalue weighted by molar-refractivity contribution is 5.98. The molecule has 11 N–H and O–H groups in total. The van der Waals surface area contributed by atoms with E-state index in [0.29, 0.717) is 0 Å². The maximum atomic E-state index is 12.2. The van der Waals surface area contributed by atoms with Gasteiger partial charge in [-0.3, -0.25) is 10.1 Å². The number of aliphatic hydroxyl groups excluding tert-OH is 8. The van der Waals surface area contributed by atoms with Gasteiger partial charge in [-0.2, -0.15) is 0 Å². The Morgan fingerprint density at radius 1 is 1.00 bits per heavy atom. The Morgan fingerprint density at radius 2 is 1.62 bits per heavy atom. The molecule has 2 heterocycles. The lowest BCUT2D eigenvalue weighted by atomic mass is 9.86. The maximum absolute atomic E-state index is 12.2. The van der Waals surface area contributed by atoms with E-state index in [-0.39, 0.29) is 0 Å². The van der Waals surface area contributed by atoms with Crippen molar-refractivity contribution in [2.75, 3.05) is 13.2 Å². The van der Waals surface area contributed by atoms with Gasteiger partial charge in [-0.05, 0) is 0 Å². The topological polar surface area (TPSA) is 262 Å². The van der Waals surface area contributed by atoms with E-state index in [2.05, 4.69) is 0 Å². The van der Waals surface area contributed by atoms with Crippen LogP contribution in [0.25, 0.3) is 0 Å². The largest absolute Gasteiger partial charge is 0.394 e. The highest BCUT2D eigenvalue weighted by Crippen LogP contribution is 2.33. The van der Waals surface area contributed by atoms with Gasteiger partial charge in [0.1, 0.15) is 42.7 Å². The van der Waals surface area contributed by atoms with Gasteiger partial charge in [0.2, 0.25) is 5.60 Å². The minimum absolute atomic E-state index is 0.827. The molecule has 2 rings (SSSR count). The van der Waals surface area contributed by atoms with Gasteiger partial charge in [0, 0.05) is 0 Å². The number of nitrogens with one attached hydrogen (secondary N) is 1. The molecule has 0 radical (unpaired) electrons. The van der Waals surface area contributed by atoms with Crippen molar-refractivity contribution in [1.82, 2.24) is 5.32 Å². The highest BCUT2D eigenvalue weighted by Gasteiger charge is 2.59. The van der Waals surface area contributed by atoms with Crippen LogP contribution in [-0.4, -0.2) is 127 Å². The van der Waals surface area contributed by atoms with E-state index in [1.807, 2.05) is 0 Å². The van der Waals surface area contributed by atoms with E-state index in [9.17, 15) is 50.4 Å². The number of aliphatic hydroxyl groups is 8. The summed E-state index contributed by atoms with van der Waals surface area (Å²) < 4.78 is 15.3.